The summed E-state index contributed by atoms with van der Waals surface area (Å²) >= 11 is 0. The summed E-state index contributed by atoms with van der Waals surface area (Å²) in [7, 11) is 0. The molecule has 0 heterocycles. The Morgan fingerprint density at radius 2 is 1.69 bits per heavy atom. The Labute approximate surface area is 215 Å². The van der Waals surface area contributed by atoms with Gasteiger partial charge in [0.25, 0.3) is 0 Å². The second-order valence-corrected chi connectivity index (χ2v) is 9.38. The van der Waals surface area contributed by atoms with Crippen molar-refractivity contribution < 1.29 is 19.1 Å². The van der Waals surface area contributed by atoms with Crippen molar-refractivity contribution in [2.24, 2.45) is 0 Å². The summed E-state index contributed by atoms with van der Waals surface area (Å²) in [4.78, 5) is 27.1. The standard InChI is InChI=1S/C29H42FN3O3/c1-4-16-33(17-5-2)29(36)13-9-12-28(35)32-26(19-24-15-14-22(3)25(30)18-24)27(34)21-31-20-23-10-7-6-8-11-23/h6-8,10-11,14-15,18,26-27,31,34H,4-5,9,12-13,16-17,19-21H2,1-3H3,(H,32,35)/t26-,27+/m0/s1. The number of nitrogens with one attached hydrogen (secondary N) is 2. The fraction of sp³-hybridized carbons (Fsp3) is 0.517. The van der Waals surface area contributed by atoms with Crippen LogP contribution in [0.3, 0.4) is 0 Å². The van der Waals surface area contributed by atoms with Crippen LogP contribution >= 0.6 is 0 Å². The highest BCUT2D eigenvalue weighted by atomic mass is 19.1. The van der Waals surface area contributed by atoms with Gasteiger partial charge in [-0.05, 0) is 55.4 Å². The summed E-state index contributed by atoms with van der Waals surface area (Å²) in [6, 6.07) is 14.2. The lowest BCUT2D eigenvalue weighted by atomic mass is 9.99. The molecule has 3 N–H and O–H groups in total. The summed E-state index contributed by atoms with van der Waals surface area (Å²) in [5.74, 6) is -0.458. The lowest BCUT2D eigenvalue weighted by Crippen LogP contribution is -2.48. The van der Waals surface area contributed by atoms with Crippen molar-refractivity contribution in [2.45, 2.75) is 78.0 Å². The molecule has 2 aromatic carbocycles. The number of nitrogens with zero attached hydrogens (tertiary/aromatic N) is 1. The Balaban J connectivity index is 1.94. The number of carbonyl (C=O) groups excluding carboxylic acids is 2. The van der Waals surface area contributed by atoms with E-state index < -0.39 is 12.1 Å². The van der Waals surface area contributed by atoms with Crippen LogP contribution in [0.5, 0.6) is 0 Å². The van der Waals surface area contributed by atoms with Gasteiger partial charge in [0.15, 0.2) is 0 Å². The number of carbonyl (C=O) groups is 2. The van der Waals surface area contributed by atoms with Gasteiger partial charge in [0, 0.05) is 39.0 Å². The lowest BCUT2D eigenvalue weighted by Gasteiger charge is -2.25. The molecule has 2 rings (SSSR count). The van der Waals surface area contributed by atoms with E-state index >= 15 is 0 Å². The van der Waals surface area contributed by atoms with E-state index in [4.69, 9.17) is 0 Å². The van der Waals surface area contributed by atoms with Gasteiger partial charge in [0.05, 0.1) is 12.1 Å². The van der Waals surface area contributed by atoms with Crippen LogP contribution in [0.4, 0.5) is 4.39 Å². The molecule has 0 aromatic heterocycles. The van der Waals surface area contributed by atoms with Crippen molar-refractivity contribution in [3.8, 4) is 0 Å². The highest BCUT2D eigenvalue weighted by Crippen LogP contribution is 2.13. The molecule has 2 atom stereocenters. The van der Waals surface area contributed by atoms with Gasteiger partial charge in [0.2, 0.25) is 11.8 Å². The number of rotatable bonds is 16. The largest absolute Gasteiger partial charge is 0.390 e. The molecule has 0 bridgehead atoms. The van der Waals surface area contributed by atoms with Crippen molar-refractivity contribution >= 4 is 11.8 Å². The van der Waals surface area contributed by atoms with Crippen LogP contribution in [0.25, 0.3) is 0 Å². The third-order valence-corrected chi connectivity index (χ3v) is 6.16. The molecule has 0 unspecified atom stereocenters. The summed E-state index contributed by atoms with van der Waals surface area (Å²) in [6.45, 7) is 8.12. The quantitative estimate of drug-likeness (QED) is 0.324. The molecule has 0 aliphatic rings. The zero-order chi connectivity index (χ0) is 26.3. The van der Waals surface area contributed by atoms with Crippen molar-refractivity contribution in [3.05, 3.63) is 71.0 Å². The van der Waals surface area contributed by atoms with Crippen LogP contribution < -0.4 is 10.6 Å². The maximum Gasteiger partial charge on any atom is 0.222 e. The number of aliphatic hydroxyl groups excluding tert-OH is 1. The summed E-state index contributed by atoms with van der Waals surface area (Å²) in [6.07, 6.45) is 2.21. The van der Waals surface area contributed by atoms with Crippen molar-refractivity contribution in [3.63, 3.8) is 0 Å². The first-order chi connectivity index (χ1) is 17.3. The molecule has 0 spiro atoms. The summed E-state index contributed by atoms with van der Waals surface area (Å²) < 4.78 is 14.1. The Bertz CT molecular complexity index is 933. The van der Waals surface area contributed by atoms with E-state index in [2.05, 4.69) is 10.6 Å². The molecule has 7 heteroatoms. The SMILES string of the molecule is CCCN(CCC)C(=O)CCCC(=O)N[C@@H](Cc1ccc(C)c(F)c1)[C@H](O)CNCc1ccccc1. The predicted molar refractivity (Wildman–Crippen MR) is 142 cm³/mol. The fourth-order valence-electron chi connectivity index (χ4n) is 4.14. The van der Waals surface area contributed by atoms with Crippen molar-refractivity contribution in [1.82, 2.24) is 15.5 Å². The van der Waals surface area contributed by atoms with E-state index in [9.17, 15) is 19.1 Å². The molecule has 0 radical (unpaired) electrons. The van der Waals surface area contributed by atoms with Gasteiger partial charge < -0.3 is 20.6 Å². The molecule has 0 aliphatic carbocycles. The number of hydrogen-bond donors (Lipinski definition) is 3. The average Bonchev–Trinajstić information content (AvgIpc) is 2.86. The first kappa shape index (κ1) is 29.5. The molecule has 0 saturated heterocycles. The normalized spacial score (nSPS) is 12.7. The van der Waals surface area contributed by atoms with Gasteiger partial charge >= 0.3 is 0 Å². The minimum absolute atomic E-state index is 0.0725. The van der Waals surface area contributed by atoms with Crippen LogP contribution in [-0.4, -0.2) is 53.6 Å². The molecule has 36 heavy (non-hydrogen) atoms. The van der Waals surface area contributed by atoms with E-state index in [1.165, 1.54) is 6.07 Å². The van der Waals surface area contributed by atoms with Crippen LogP contribution in [0.1, 0.15) is 62.6 Å². The average molecular weight is 500 g/mol. The Kier molecular flexibility index (Phi) is 13.1. The van der Waals surface area contributed by atoms with Crippen molar-refractivity contribution in [2.75, 3.05) is 19.6 Å². The van der Waals surface area contributed by atoms with E-state index in [1.54, 1.807) is 13.0 Å². The fourth-order valence-corrected chi connectivity index (χ4v) is 4.14. The minimum atomic E-state index is -0.867. The first-order valence-corrected chi connectivity index (χ1v) is 13.1. The monoisotopic (exact) mass is 499 g/mol. The number of halogens is 1. The number of amides is 2. The lowest BCUT2D eigenvalue weighted by molar-refractivity contribution is -0.131. The van der Waals surface area contributed by atoms with Crippen LogP contribution in [0.2, 0.25) is 0 Å². The van der Waals surface area contributed by atoms with Gasteiger partial charge in [-0.3, -0.25) is 9.59 Å². The Morgan fingerprint density at radius 3 is 2.33 bits per heavy atom. The maximum atomic E-state index is 14.1. The molecular formula is C29H42FN3O3. The zero-order valence-electron chi connectivity index (χ0n) is 21.9. The van der Waals surface area contributed by atoms with E-state index in [-0.39, 0.29) is 30.6 Å². The third-order valence-electron chi connectivity index (χ3n) is 6.16. The van der Waals surface area contributed by atoms with Gasteiger partial charge in [-0.1, -0.05) is 56.3 Å². The number of aliphatic hydroxyl groups is 1. The topological polar surface area (TPSA) is 81.7 Å². The zero-order valence-corrected chi connectivity index (χ0v) is 21.9. The molecule has 0 saturated carbocycles. The third kappa shape index (κ3) is 10.5. The van der Waals surface area contributed by atoms with E-state index in [0.717, 1.165) is 31.5 Å². The minimum Gasteiger partial charge on any atom is -0.390 e. The second kappa shape index (κ2) is 16.1. The Hall–Kier alpha value is -2.77. The van der Waals surface area contributed by atoms with Crippen LogP contribution in [0, 0.1) is 12.7 Å². The molecule has 0 fully saturated rings. The second-order valence-electron chi connectivity index (χ2n) is 9.38. The maximum absolute atomic E-state index is 14.1. The predicted octanol–water partition coefficient (Wildman–Crippen LogP) is 4.13. The summed E-state index contributed by atoms with van der Waals surface area (Å²) in [5.41, 5.74) is 2.35. The van der Waals surface area contributed by atoms with Crippen LogP contribution in [-0.2, 0) is 22.6 Å². The molecule has 2 aromatic rings. The molecule has 6 nitrogen and oxygen atoms in total. The number of aryl methyl sites for hydroxylation is 1. The van der Waals surface area contributed by atoms with Gasteiger partial charge in [-0.15, -0.1) is 0 Å². The van der Waals surface area contributed by atoms with E-state index in [0.29, 0.717) is 36.9 Å². The van der Waals surface area contributed by atoms with E-state index in [1.807, 2.05) is 55.1 Å². The van der Waals surface area contributed by atoms with Crippen LogP contribution in [0.15, 0.2) is 48.5 Å². The summed E-state index contributed by atoms with van der Waals surface area (Å²) in [5, 5.41) is 17.0. The number of hydrogen-bond acceptors (Lipinski definition) is 4. The van der Waals surface area contributed by atoms with Gasteiger partial charge in [0.1, 0.15) is 5.82 Å². The smallest absolute Gasteiger partial charge is 0.222 e. The highest BCUT2D eigenvalue weighted by Gasteiger charge is 2.22. The number of benzene rings is 2. The molecule has 2 amide bonds. The Morgan fingerprint density at radius 1 is 1.00 bits per heavy atom. The van der Waals surface area contributed by atoms with Gasteiger partial charge in [-0.2, -0.15) is 0 Å². The molecular weight excluding hydrogens is 457 g/mol. The molecule has 198 valence electrons. The highest BCUT2D eigenvalue weighted by molar-refractivity contribution is 5.79. The first-order valence-electron chi connectivity index (χ1n) is 13.1. The molecule has 0 aliphatic heterocycles. The van der Waals surface area contributed by atoms with Gasteiger partial charge in [-0.25, -0.2) is 4.39 Å². The van der Waals surface area contributed by atoms with Crippen molar-refractivity contribution in [1.29, 1.82) is 0 Å².